The molecule has 0 spiro atoms. The third kappa shape index (κ3) is 4.58. The molecule has 6 nitrogen and oxygen atoms in total. The Morgan fingerprint density at radius 1 is 0.853 bits per heavy atom. The first-order chi connectivity index (χ1) is 16.6. The number of halogens is 1. The highest BCUT2D eigenvalue weighted by atomic mass is 35.5. The maximum absolute atomic E-state index is 13.3. The van der Waals surface area contributed by atoms with Crippen molar-refractivity contribution in [3.8, 4) is 16.9 Å². The maximum Gasteiger partial charge on any atom is 0.259 e. The molecule has 5 rings (SSSR count). The maximum atomic E-state index is 13.3. The number of amides is 2. The van der Waals surface area contributed by atoms with Gasteiger partial charge in [0.15, 0.2) is 0 Å². The van der Waals surface area contributed by atoms with Crippen molar-refractivity contribution < 1.29 is 9.59 Å². The molecule has 3 aromatic carbocycles. The van der Waals surface area contributed by atoms with Gasteiger partial charge in [-0.05, 0) is 61.4 Å². The van der Waals surface area contributed by atoms with Crippen molar-refractivity contribution in [1.82, 2.24) is 14.7 Å². The summed E-state index contributed by atoms with van der Waals surface area (Å²) in [5.74, 6) is -0.254. The second-order valence-electron chi connectivity index (χ2n) is 8.21. The van der Waals surface area contributed by atoms with Crippen LogP contribution in [-0.2, 0) is 0 Å². The quantitative estimate of drug-likeness (QED) is 0.408. The van der Waals surface area contributed by atoms with Gasteiger partial charge in [0, 0.05) is 41.1 Å². The minimum Gasteiger partial charge on any atom is -0.339 e. The number of benzene rings is 3. The zero-order chi connectivity index (χ0) is 23.5. The molecule has 0 saturated carbocycles. The van der Waals surface area contributed by atoms with Crippen LogP contribution in [-0.4, -0.2) is 39.6 Å². The number of carbonyl (C=O) groups is 2. The normalized spacial score (nSPS) is 13.1. The third-order valence-corrected chi connectivity index (χ3v) is 6.13. The molecule has 1 aliphatic heterocycles. The number of aromatic nitrogens is 2. The van der Waals surface area contributed by atoms with Crippen LogP contribution < -0.4 is 5.32 Å². The molecule has 0 radical (unpaired) electrons. The minimum atomic E-state index is -0.286. The molecule has 1 fully saturated rings. The molecule has 0 bridgehead atoms. The van der Waals surface area contributed by atoms with Gasteiger partial charge in [-0.15, -0.1) is 0 Å². The van der Waals surface area contributed by atoms with Crippen LogP contribution in [0.5, 0.6) is 0 Å². The molecule has 34 heavy (non-hydrogen) atoms. The fourth-order valence-corrected chi connectivity index (χ4v) is 4.20. The van der Waals surface area contributed by atoms with E-state index in [0.29, 0.717) is 27.5 Å². The molecule has 1 N–H and O–H groups in total. The lowest BCUT2D eigenvalue weighted by Gasteiger charge is -2.15. The van der Waals surface area contributed by atoms with E-state index in [1.165, 1.54) is 0 Å². The van der Waals surface area contributed by atoms with Gasteiger partial charge >= 0.3 is 0 Å². The highest BCUT2D eigenvalue weighted by Crippen LogP contribution is 2.26. The van der Waals surface area contributed by atoms with Gasteiger partial charge in [-0.2, -0.15) is 5.10 Å². The highest BCUT2D eigenvalue weighted by molar-refractivity contribution is 6.30. The van der Waals surface area contributed by atoms with Crippen molar-refractivity contribution in [3.05, 3.63) is 101 Å². The van der Waals surface area contributed by atoms with E-state index in [-0.39, 0.29) is 11.8 Å². The summed E-state index contributed by atoms with van der Waals surface area (Å²) in [7, 11) is 0. The Morgan fingerprint density at radius 3 is 2.21 bits per heavy atom. The summed E-state index contributed by atoms with van der Waals surface area (Å²) in [6.07, 6.45) is 3.82. The second-order valence-corrected chi connectivity index (χ2v) is 8.65. The van der Waals surface area contributed by atoms with Crippen LogP contribution >= 0.6 is 11.6 Å². The Kier molecular flexibility index (Phi) is 6.14. The molecule has 1 aliphatic rings. The van der Waals surface area contributed by atoms with Crippen molar-refractivity contribution in [2.75, 3.05) is 18.4 Å². The number of carbonyl (C=O) groups excluding carboxylic acids is 2. The molecule has 2 amide bonds. The molecule has 0 unspecified atom stereocenters. The highest BCUT2D eigenvalue weighted by Gasteiger charge is 2.21. The molecule has 170 valence electrons. The first kappa shape index (κ1) is 21.9. The van der Waals surface area contributed by atoms with Crippen LogP contribution in [0, 0.1) is 0 Å². The first-order valence-corrected chi connectivity index (χ1v) is 11.6. The Hall–Kier alpha value is -3.90. The predicted molar refractivity (Wildman–Crippen MR) is 134 cm³/mol. The minimum absolute atomic E-state index is 0.0320. The number of para-hydroxylation sites is 1. The van der Waals surface area contributed by atoms with E-state index in [1.54, 1.807) is 47.3 Å². The van der Waals surface area contributed by atoms with Crippen molar-refractivity contribution >= 4 is 29.1 Å². The van der Waals surface area contributed by atoms with Crippen LogP contribution in [0.3, 0.4) is 0 Å². The first-order valence-electron chi connectivity index (χ1n) is 11.2. The predicted octanol–water partition coefficient (Wildman–Crippen LogP) is 5.68. The zero-order valence-corrected chi connectivity index (χ0v) is 19.2. The number of likely N-dealkylation sites (tertiary alicyclic amines) is 1. The van der Waals surface area contributed by atoms with Gasteiger partial charge in [-0.25, -0.2) is 4.68 Å². The summed E-state index contributed by atoms with van der Waals surface area (Å²) >= 11 is 6.05. The summed E-state index contributed by atoms with van der Waals surface area (Å²) in [6, 6.07) is 23.9. The molecule has 2 heterocycles. The average molecular weight is 471 g/mol. The second kappa shape index (κ2) is 9.53. The number of hydrogen-bond acceptors (Lipinski definition) is 3. The number of hydrogen-bond donors (Lipinski definition) is 1. The van der Waals surface area contributed by atoms with Crippen LogP contribution in [0.1, 0.15) is 33.6 Å². The smallest absolute Gasteiger partial charge is 0.259 e. The molecule has 0 atom stereocenters. The van der Waals surface area contributed by atoms with Gasteiger partial charge in [-0.3, -0.25) is 9.59 Å². The summed E-state index contributed by atoms with van der Waals surface area (Å²) in [6.45, 7) is 1.60. The lowest BCUT2D eigenvalue weighted by Crippen LogP contribution is -2.27. The van der Waals surface area contributed by atoms with E-state index in [9.17, 15) is 9.59 Å². The van der Waals surface area contributed by atoms with Gasteiger partial charge in [0.1, 0.15) is 5.69 Å². The Labute approximate surface area is 202 Å². The van der Waals surface area contributed by atoms with Crippen molar-refractivity contribution in [2.24, 2.45) is 0 Å². The lowest BCUT2D eigenvalue weighted by molar-refractivity contribution is 0.0792. The summed E-state index contributed by atoms with van der Waals surface area (Å²) < 4.78 is 1.69. The van der Waals surface area contributed by atoms with Crippen molar-refractivity contribution in [1.29, 1.82) is 0 Å². The van der Waals surface area contributed by atoms with Crippen LogP contribution in [0.2, 0.25) is 5.02 Å². The summed E-state index contributed by atoms with van der Waals surface area (Å²) in [5.41, 5.74) is 3.86. The molecule has 0 aliphatic carbocycles. The van der Waals surface area contributed by atoms with Crippen molar-refractivity contribution in [3.63, 3.8) is 0 Å². The third-order valence-electron chi connectivity index (χ3n) is 5.88. The van der Waals surface area contributed by atoms with E-state index in [4.69, 9.17) is 11.6 Å². The van der Waals surface area contributed by atoms with Gasteiger partial charge in [0.25, 0.3) is 11.8 Å². The topological polar surface area (TPSA) is 67.2 Å². The van der Waals surface area contributed by atoms with Crippen molar-refractivity contribution in [2.45, 2.75) is 12.8 Å². The number of nitrogens with one attached hydrogen (secondary N) is 1. The molecule has 1 aromatic heterocycles. The fraction of sp³-hybridized carbons (Fsp3) is 0.148. The molecular formula is C27H23ClN4O2. The van der Waals surface area contributed by atoms with Crippen LogP contribution in [0.4, 0.5) is 5.69 Å². The van der Waals surface area contributed by atoms with E-state index in [0.717, 1.165) is 37.2 Å². The fourth-order valence-electron chi connectivity index (χ4n) is 4.07. The summed E-state index contributed by atoms with van der Waals surface area (Å²) in [5, 5.41) is 8.24. The van der Waals surface area contributed by atoms with E-state index in [1.807, 2.05) is 47.4 Å². The molecule has 1 saturated heterocycles. The van der Waals surface area contributed by atoms with Gasteiger partial charge < -0.3 is 10.2 Å². The standard InChI is InChI=1S/C27H23ClN4O2/c28-21-12-8-19(9-13-21)25-24(18-32(30-25)23-6-2-1-3-7-23)26(33)29-22-14-10-20(11-15-22)27(34)31-16-4-5-17-31/h1-3,6-15,18H,4-5,16-17H2,(H,29,33). The van der Waals surface area contributed by atoms with Gasteiger partial charge in [0.2, 0.25) is 0 Å². The number of nitrogens with zero attached hydrogens (tertiary/aromatic N) is 3. The number of anilines is 1. The summed E-state index contributed by atoms with van der Waals surface area (Å²) in [4.78, 5) is 27.7. The SMILES string of the molecule is O=C(Nc1ccc(C(=O)N2CCCC2)cc1)c1cn(-c2ccccc2)nc1-c1ccc(Cl)cc1. The zero-order valence-electron chi connectivity index (χ0n) is 18.4. The molecule has 4 aromatic rings. The Morgan fingerprint density at radius 2 is 1.53 bits per heavy atom. The Balaban J connectivity index is 1.42. The molecular weight excluding hydrogens is 448 g/mol. The van der Waals surface area contributed by atoms with Gasteiger partial charge in [0.05, 0.1) is 11.3 Å². The molecule has 7 heteroatoms. The van der Waals surface area contributed by atoms with Crippen LogP contribution in [0.15, 0.2) is 85.1 Å². The van der Waals surface area contributed by atoms with Gasteiger partial charge in [-0.1, -0.05) is 41.9 Å². The lowest BCUT2D eigenvalue weighted by atomic mass is 10.1. The number of rotatable bonds is 5. The van der Waals surface area contributed by atoms with E-state index in [2.05, 4.69) is 10.4 Å². The monoisotopic (exact) mass is 470 g/mol. The average Bonchev–Trinajstić information content (AvgIpc) is 3.56. The largest absolute Gasteiger partial charge is 0.339 e. The Bertz CT molecular complexity index is 1310. The van der Waals surface area contributed by atoms with Crippen LogP contribution in [0.25, 0.3) is 16.9 Å². The van der Waals surface area contributed by atoms with E-state index >= 15 is 0 Å². The van der Waals surface area contributed by atoms with E-state index < -0.39 is 0 Å².